The third kappa shape index (κ3) is 8.04. The van der Waals surface area contributed by atoms with Gasteiger partial charge in [0.2, 0.25) is 15.9 Å². The van der Waals surface area contributed by atoms with Crippen molar-refractivity contribution in [2.45, 2.75) is 26.1 Å². The fourth-order valence-corrected chi connectivity index (χ4v) is 3.28. The number of amides is 1. The molecule has 0 aromatic heterocycles. The molecule has 2 aromatic carbocycles. The number of hydrogen-bond acceptors (Lipinski definition) is 4. The van der Waals surface area contributed by atoms with Crippen molar-refractivity contribution in [3.63, 3.8) is 0 Å². The smallest absolute Gasteiger partial charge is 0.385 e. The van der Waals surface area contributed by atoms with Gasteiger partial charge in [0.25, 0.3) is 0 Å². The minimum absolute atomic E-state index is 0.0330. The van der Waals surface area contributed by atoms with Gasteiger partial charge in [-0.25, -0.2) is 17.2 Å². The van der Waals surface area contributed by atoms with Crippen LogP contribution < -0.4 is 15.4 Å². The largest absolute Gasteiger partial charge is 0.416 e. The van der Waals surface area contributed by atoms with Crippen molar-refractivity contribution < 1.29 is 35.2 Å². The molecule has 0 bridgehead atoms. The van der Waals surface area contributed by atoms with Crippen LogP contribution in [0.4, 0.5) is 33.3 Å². The molecule has 0 aliphatic rings. The van der Waals surface area contributed by atoms with Crippen molar-refractivity contribution in [1.82, 2.24) is 5.32 Å². The number of anilines is 2. The van der Waals surface area contributed by atoms with Gasteiger partial charge in [-0.2, -0.15) is 13.2 Å². The Labute approximate surface area is 187 Å². The van der Waals surface area contributed by atoms with Gasteiger partial charge in [0.05, 0.1) is 11.8 Å². The van der Waals surface area contributed by atoms with Crippen LogP contribution in [-0.2, 0) is 27.5 Å². The minimum Gasteiger partial charge on any atom is -0.385 e. The van der Waals surface area contributed by atoms with E-state index in [4.69, 9.17) is 0 Å². The first-order valence-corrected chi connectivity index (χ1v) is 11.6. The Morgan fingerprint density at radius 2 is 1.73 bits per heavy atom. The molecule has 3 N–H and O–H groups in total. The number of alkyl halides is 3. The van der Waals surface area contributed by atoms with E-state index >= 15 is 0 Å². The molecule has 0 aliphatic carbocycles. The average molecular weight is 491 g/mol. The van der Waals surface area contributed by atoms with E-state index < -0.39 is 45.0 Å². The van der Waals surface area contributed by atoms with Crippen LogP contribution in [0.2, 0.25) is 0 Å². The summed E-state index contributed by atoms with van der Waals surface area (Å²) in [5, 5.41) is 5.27. The van der Waals surface area contributed by atoms with Gasteiger partial charge in [-0.1, -0.05) is 13.0 Å². The van der Waals surface area contributed by atoms with E-state index in [-0.39, 0.29) is 17.8 Å². The zero-order valence-electron chi connectivity index (χ0n) is 17.7. The fraction of sp³-hybridized carbons (Fsp3) is 0.286. The van der Waals surface area contributed by atoms with E-state index in [0.717, 1.165) is 36.6 Å². The van der Waals surface area contributed by atoms with Crippen molar-refractivity contribution in [1.29, 1.82) is 0 Å². The maximum Gasteiger partial charge on any atom is 0.416 e. The lowest BCUT2D eigenvalue weighted by Gasteiger charge is -2.13. The van der Waals surface area contributed by atoms with Crippen LogP contribution in [0.15, 0.2) is 36.4 Å². The summed E-state index contributed by atoms with van der Waals surface area (Å²) in [4.78, 5) is 12.1. The van der Waals surface area contributed by atoms with E-state index in [0.29, 0.717) is 18.5 Å². The Kier molecular flexibility index (Phi) is 8.42. The van der Waals surface area contributed by atoms with Crippen LogP contribution in [0, 0.1) is 11.6 Å². The molecule has 180 valence electrons. The summed E-state index contributed by atoms with van der Waals surface area (Å²) >= 11 is 0. The Balaban J connectivity index is 2.11. The summed E-state index contributed by atoms with van der Waals surface area (Å²) in [7, 11) is -3.89. The van der Waals surface area contributed by atoms with Gasteiger partial charge in [-0.05, 0) is 47.9 Å². The molecule has 0 heterocycles. The van der Waals surface area contributed by atoms with E-state index in [9.17, 15) is 35.2 Å². The zero-order valence-corrected chi connectivity index (χ0v) is 18.5. The molecule has 0 saturated heterocycles. The van der Waals surface area contributed by atoms with Crippen LogP contribution in [0.5, 0.6) is 0 Å². The molecule has 2 rings (SSSR count). The first kappa shape index (κ1) is 26.1. The number of carbonyl (C=O) groups excluding carboxylic acids is 1. The van der Waals surface area contributed by atoms with Crippen LogP contribution in [-0.4, -0.2) is 27.1 Å². The number of hydrogen-bond donors (Lipinski definition) is 3. The Morgan fingerprint density at radius 3 is 2.27 bits per heavy atom. The molecule has 0 spiro atoms. The number of carbonyl (C=O) groups is 1. The molecule has 12 heteroatoms. The maximum atomic E-state index is 14.0. The lowest BCUT2D eigenvalue weighted by atomic mass is 10.1. The molecule has 0 unspecified atom stereocenters. The molecule has 33 heavy (non-hydrogen) atoms. The third-order valence-corrected chi connectivity index (χ3v) is 4.79. The summed E-state index contributed by atoms with van der Waals surface area (Å²) in [5.74, 6) is -2.97. The lowest BCUT2D eigenvalue weighted by molar-refractivity contribution is -0.137. The number of rotatable bonds is 9. The highest BCUT2D eigenvalue weighted by molar-refractivity contribution is 7.92. The van der Waals surface area contributed by atoms with E-state index in [2.05, 4.69) is 10.6 Å². The highest BCUT2D eigenvalue weighted by Crippen LogP contribution is 2.32. The average Bonchev–Trinajstić information content (AvgIpc) is 2.70. The van der Waals surface area contributed by atoms with Gasteiger partial charge in [0.1, 0.15) is 5.69 Å². The van der Waals surface area contributed by atoms with Crippen molar-refractivity contribution in [3.05, 3.63) is 64.7 Å². The topological polar surface area (TPSA) is 87.3 Å². The number of nitrogens with one attached hydrogen (secondary N) is 3. The van der Waals surface area contributed by atoms with Gasteiger partial charge < -0.3 is 10.6 Å². The molecular weight excluding hydrogens is 469 g/mol. The van der Waals surface area contributed by atoms with Gasteiger partial charge in [0, 0.05) is 24.9 Å². The summed E-state index contributed by atoms with van der Waals surface area (Å²) < 4.78 is 91.0. The standard InChI is InChI=1S/C21H22F5N3O3S/c1-3-8-27-18-11-15(21(24,25)26)6-4-14(18)5-7-19(30)28-12-13-9-16(22)20(17(23)10-13)29-33(2,31)32/h4-7,9-11,27,29H,3,8,12H2,1-2H3,(H,28,30)/b7-5+. The summed E-state index contributed by atoms with van der Waals surface area (Å²) in [6.07, 6.45) is -0.712. The van der Waals surface area contributed by atoms with Crippen molar-refractivity contribution >= 4 is 33.4 Å². The van der Waals surface area contributed by atoms with Crippen LogP contribution in [0.3, 0.4) is 0 Å². The normalized spacial score (nSPS) is 12.1. The summed E-state index contributed by atoms with van der Waals surface area (Å²) in [5.41, 5.74) is -1.08. The zero-order chi connectivity index (χ0) is 24.8. The van der Waals surface area contributed by atoms with Gasteiger partial charge in [0.15, 0.2) is 11.6 Å². The second-order valence-corrected chi connectivity index (χ2v) is 8.83. The molecular formula is C21H22F5N3O3S. The minimum atomic E-state index is -4.51. The Morgan fingerprint density at radius 1 is 1.09 bits per heavy atom. The van der Waals surface area contributed by atoms with Crippen LogP contribution in [0.1, 0.15) is 30.0 Å². The van der Waals surface area contributed by atoms with Crippen molar-refractivity contribution in [3.8, 4) is 0 Å². The first-order valence-electron chi connectivity index (χ1n) is 9.67. The molecule has 1 amide bonds. The lowest BCUT2D eigenvalue weighted by Crippen LogP contribution is -2.21. The summed E-state index contributed by atoms with van der Waals surface area (Å²) in [6.45, 7) is 2.00. The second-order valence-electron chi connectivity index (χ2n) is 7.09. The van der Waals surface area contributed by atoms with Crippen LogP contribution in [0.25, 0.3) is 6.08 Å². The first-order chi connectivity index (χ1) is 15.3. The quantitative estimate of drug-likeness (QED) is 0.356. The Hall–Kier alpha value is -3.15. The van der Waals surface area contributed by atoms with Gasteiger partial charge in [-0.15, -0.1) is 0 Å². The van der Waals surface area contributed by atoms with Crippen LogP contribution >= 0.6 is 0 Å². The van der Waals surface area contributed by atoms with Gasteiger partial charge in [-0.3, -0.25) is 9.52 Å². The number of halogens is 5. The molecule has 0 radical (unpaired) electrons. The Bertz CT molecular complexity index is 1130. The summed E-state index contributed by atoms with van der Waals surface area (Å²) in [6, 6.07) is 4.80. The van der Waals surface area contributed by atoms with Gasteiger partial charge >= 0.3 is 6.18 Å². The molecule has 0 atom stereocenters. The maximum absolute atomic E-state index is 14.0. The van der Waals surface area contributed by atoms with E-state index in [1.165, 1.54) is 12.1 Å². The van der Waals surface area contributed by atoms with Crippen molar-refractivity contribution in [2.75, 3.05) is 22.8 Å². The molecule has 0 fully saturated rings. The SMILES string of the molecule is CCCNc1cc(C(F)(F)F)ccc1/C=C/C(=O)NCc1cc(F)c(NS(C)(=O)=O)c(F)c1. The molecule has 0 saturated carbocycles. The second kappa shape index (κ2) is 10.6. The van der Waals surface area contributed by atoms with E-state index in [1.807, 2.05) is 6.92 Å². The molecule has 2 aromatic rings. The monoisotopic (exact) mass is 491 g/mol. The highest BCUT2D eigenvalue weighted by Gasteiger charge is 2.30. The third-order valence-electron chi connectivity index (χ3n) is 4.22. The fourth-order valence-electron chi connectivity index (χ4n) is 2.71. The predicted molar refractivity (Wildman–Crippen MR) is 116 cm³/mol. The molecule has 6 nitrogen and oxygen atoms in total. The van der Waals surface area contributed by atoms with Crippen molar-refractivity contribution in [2.24, 2.45) is 0 Å². The molecule has 0 aliphatic heterocycles. The number of benzene rings is 2. The predicted octanol–water partition coefficient (Wildman–Crippen LogP) is 4.51. The van der Waals surface area contributed by atoms with E-state index in [1.54, 1.807) is 4.72 Å². The number of sulfonamides is 1. The highest BCUT2D eigenvalue weighted by atomic mass is 32.2.